The van der Waals surface area contributed by atoms with Crippen molar-refractivity contribution in [3.63, 3.8) is 0 Å². The van der Waals surface area contributed by atoms with Crippen molar-refractivity contribution in [2.45, 2.75) is 44.9 Å². The fourth-order valence-electron chi connectivity index (χ4n) is 4.44. The molecule has 6 heteroatoms. The molecule has 28 heavy (non-hydrogen) atoms. The first kappa shape index (κ1) is 19.5. The molecule has 2 aromatic carbocycles. The van der Waals surface area contributed by atoms with Gasteiger partial charge in [0.2, 0.25) is 0 Å². The zero-order chi connectivity index (χ0) is 20.1. The second kappa shape index (κ2) is 7.23. The highest BCUT2D eigenvalue weighted by molar-refractivity contribution is 9.10. The number of hydrogen-bond donors (Lipinski definition) is 1. The fraction of sp³-hybridized carbons (Fsp3) is 0.364. The second-order valence-corrected chi connectivity index (χ2v) is 8.42. The number of hydrogen-bond acceptors (Lipinski definition) is 1. The lowest BCUT2D eigenvalue weighted by Gasteiger charge is -2.42. The van der Waals surface area contributed by atoms with Gasteiger partial charge in [-0.1, -0.05) is 47.1 Å². The summed E-state index contributed by atoms with van der Waals surface area (Å²) >= 11 is 3.51. The maximum absolute atomic E-state index is 13.5. The molecule has 1 aliphatic heterocycles. The van der Waals surface area contributed by atoms with E-state index in [4.69, 9.17) is 0 Å². The summed E-state index contributed by atoms with van der Waals surface area (Å²) in [5, 5.41) is 1.11. The van der Waals surface area contributed by atoms with Crippen LogP contribution in [0, 0.1) is 0 Å². The van der Waals surface area contributed by atoms with Gasteiger partial charge in [-0.25, -0.2) is 0 Å². The quantitative estimate of drug-likeness (QED) is 0.489. The van der Waals surface area contributed by atoms with E-state index in [0.717, 1.165) is 44.2 Å². The Morgan fingerprint density at radius 1 is 1.18 bits per heavy atom. The van der Waals surface area contributed by atoms with E-state index in [9.17, 15) is 13.2 Å². The summed E-state index contributed by atoms with van der Waals surface area (Å²) < 4.78 is 41.3. The first-order chi connectivity index (χ1) is 13.3. The zero-order valence-corrected chi connectivity index (χ0v) is 17.4. The largest absolute Gasteiger partial charge is 0.401 e. The molecular formula is C22H22BrF3N2. The molecule has 2 heterocycles. The standard InChI is InChI=1S/C22H22BrF3N2/c1-3-14-8-9-15(23)11-17(14)21-20-18(16-6-4-5-7-19(16)27-20)10-13(2)28(21)12-22(24,25)26/h4-9,11,13,21,27H,3,10,12H2,1-2H3/t13-,21?/m1/s1. The minimum atomic E-state index is -4.26. The molecule has 1 aromatic heterocycles. The van der Waals surface area contributed by atoms with Crippen molar-refractivity contribution in [2.75, 3.05) is 6.54 Å². The average Bonchev–Trinajstić information content (AvgIpc) is 2.99. The molecule has 2 atom stereocenters. The lowest BCUT2D eigenvalue weighted by atomic mass is 9.86. The average molecular weight is 451 g/mol. The van der Waals surface area contributed by atoms with Crippen LogP contribution in [0.15, 0.2) is 46.9 Å². The third-order valence-electron chi connectivity index (χ3n) is 5.66. The summed E-state index contributed by atoms with van der Waals surface area (Å²) in [5.41, 5.74) is 5.00. The number of rotatable bonds is 3. The van der Waals surface area contributed by atoms with E-state index in [1.807, 2.05) is 50.2 Å². The van der Waals surface area contributed by atoms with Crippen molar-refractivity contribution in [1.29, 1.82) is 0 Å². The van der Waals surface area contributed by atoms with Gasteiger partial charge in [0.15, 0.2) is 0 Å². The third kappa shape index (κ3) is 3.48. The Morgan fingerprint density at radius 2 is 1.93 bits per heavy atom. The molecule has 148 valence electrons. The predicted molar refractivity (Wildman–Crippen MR) is 110 cm³/mol. The van der Waals surface area contributed by atoms with E-state index in [2.05, 4.69) is 27.0 Å². The minimum Gasteiger partial charge on any atom is -0.357 e. The molecule has 0 radical (unpaired) electrons. The summed E-state index contributed by atoms with van der Waals surface area (Å²) in [5.74, 6) is 0. The second-order valence-electron chi connectivity index (χ2n) is 7.50. The zero-order valence-electron chi connectivity index (χ0n) is 15.8. The number of halogens is 4. The maximum Gasteiger partial charge on any atom is 0.401 e. The van der Waals surface area contributed by atoms with Crippen LogP contribution in [-0.4, -0.2) is 28.6 Å². The molecular weight excluding hydrogens is 429 g/mol. The van der Waals surface area contributed by atoms with Gasteiger partial charge in [0.25, 0.3) is 0 Å². The molecule has 1 N–H and O–H groups in total. The van der Waals surface area contributed by atoms with Crippen molar-refractivity contribution < 1.29 is 13.2 Å². The van der Waals surface area contributed by atoms with Crippen molar-refractivity contribution in [3.05, 3.63) is 69.3 Å². The van der Waals surface area contributed by atoms with Crippen LogP contribution in [0.5, 0.6) is 0 Å². The number of H-pyrrole nitrogens is 1. The van der Waals surface area contributed by atoms with Crippen LogP contribution >= 0.6 is 15.9 Å². The van der Waals surface area contributed by atoms with Crippen LogP contribution in [0.2, 0.25) is 0 Å². The highest BCUT2D eigenvalue weighted by Crippen LogP contribution is 2.43. The van der Waals surface area contributed by atoms with Crippen molar-refractivity contribution in [3.8, 4) is 0 Å². The number of benzene rings is 2. The Balaban J connectivity index is 1.96. The number of aromatic nitrogens is 1. The lowest BCUT2D eigenvalue weighted by molar-refractivity contribution is -0.155. The molecule has 1 unspecified atom stereocenters. The first-order valence-electron chi connectivity index (χ1n) is 9.48. The number of aryl methyl sites for hydroxylation is 1. The predicted octanol–water partition coefficient (Wildman–Crippen LogP) is 6.39. The van der Waals surface area contributed by atoms with Crippen molar-refractivity contribution in [2.24, 2.45) is 0 Å². The fourth-order valence-corrected chi connectivity index (χ4v) is 4.82. The monoisotopic (exact) mass is 450 g/mol. The number of fused-ring (bicyclic) bond motifs is 3. The van der Waals surface area contributed by atoms with Gasteiger partial charge in [-0.2, -0.15) is 13.2 Å². The van der Waals surface area contributed by atoms with Gasteiger partial charge in [0, 0.05) is 27.1 Å². The molecule has 0 bridgehead atoms. The molecule has 0 fully saturated rings. The molecule has 0 spiro atoms. The smallest absolute Gasteiger partial charge is 0.357 e. The number of para-hydroxylation sites is 1. The summed E-state index contributed by atoms with van der Waals surface area (Å²) in [6.07, 6.45) is -2.89. The van der Waals surface area contributed by atoms with Gasteiger partial charge in [0.05, 0.1) is 12.6 Å². The molecule has 0 aliphatic carbocycles. The third-order valence-corrected chi connectivity index (χ3v) is 6.16. The number of nitrogens with one attached hydrogen (secondary N) is 1. The number of aromatic amines is 1. The van der Waals surface area contributed by atoms with E-state index in [0.29, 0.717) is 6.42 Å². The van der Waals surface area contributed by atoms with Crippen LogP contribution in [0.1, 0.15) is 42.3 Å². The molecule has 1 aliphatic rings. The van der Waals surface area contributed by atoms with Crippen LogP contribution in [-0.2, 0) is 12.8 Å². The molecule has 0 saturated carbocycles. The van der Waals surface area contributed by atoms with E-state index >= 15 is 0 Å². The summed E-state index contributed by atoms with van der Waals surface area (Å²) in [6, 6.07) is 13.2. The molecule has 0 amide bonds. The van der Waals surface area contributed by atoms with Crippen molar-refractivity contribution in [1.82, 2.24) is 9.88 Å². The van der Waals surface area contributed by atoms with E-state index in [1.54, 1.807) is 4.90 Å². The van der Waals surface area contributed by atoms with Gasteiger partial charge < -0.3 is 4.98 Å². The Hall–Kier alpha value is -1.79. The highest BCUT2D eigenvalue weighted by Gasteiger charge is 2.42. The summed E-state index contributed by atoms with van der Waals surface area (Å²) in [7, 11) is 0. The number of alkyl halides is 3. The molecule has 4 rings (SSSR count). The summed E-state index contributed by atoms with van der Waals surface area (Å²) in [4.78, 5) is 5.04. The van der Waals surface area contributed by atoms with Crippen LogP contribution < -0.4 is 0 Å². The Kier molecular flexibility index (Phi) is 5.04. The van der Waals surface area contributed by atoms with Gasteiger partial charge in [-0.05, 0) is 54.7 Å². The van der Waals surface area contributed by atoms with Gasteiger partial charge in [-0.15, -0.1) is 0 Å². The lowest BCUT2D eigenvalue weighted by Crippen LogP contribution is -2.47. The maximum atomic E-state index is 13.5. The Labute approximate surface area is 170 Å². The summed E-state index contributed by atoms with van der Waals surface area (Å²) in [6.45, 7) is 3.01. The first-order valence-corrected chi connectivity index (χ1v) is 10.3. The van der Waals surface area contributed by atoms with Crippen molar-refractivity contribution >= 4 is 26.8 Å². The van der Waals surface area contributed by atoms with E-state index in [1.165, 1.54) is 0 Å². The Bertz CT molecular complexity index is 1010. The normalized spacial score (nSPS) is 20.5. The molecule has 2 nitrogen and oxygen atoms in total. The molecule has 3 aromatic rings. The minimum absolute atomic E-state index is 0.220. The van der Waals surface area contributed by atoms with E-state index < -0.39 is 18.8 Å². The van der Waals surface area contributed by atoms with Crippen LogP contribution in [0.3, 0.4) is 0 Å². The van der Waals surface area contributed by atoms with E-state index in [-0.39, 0.29) is 6.04 Å². The topological polar surface area (TPSA) is 19.0 Å². The SMILES string of the molecule is CCc1ccc(Br)cc1C1c2[nH]c3ccccc3c2C[C@@H](C)N1CC(F)(F)F. The highest BCUT2D eigenvalue weighted by atomic mass is 79.9. The van der Waals surface area contributed by atoms with Crippen LogP contribution in [0.4, 0.5) is 13.2 Å². The van der Waals surface area contributed by atoms with Crippen LogP contribution in [0.25, 0.3) is 10.9 Å². The number of nitrogens with zero attached hydrogens (tertiary/aromatic N) is 1. The van der Waals surface area contributed by atoms with Gasteiger partial charge in [0.1, 0.15) is 0 Å². The molecule has 0 saturated heterocycles. The van der Waals surface area contributed by atoms with Gasteiger partial charge >= 0.3 is 6.18 Å². The Morgan fingerprint density at radius 3 is 2.64 bits per heavy atom. The van der Waals surface area contributed by atoms with Gasteiger partial charge in [-0.3, -0.25) is 4.90 Å².